The average molecular weight is 902 g/mol. The summed E-state index contributed by atoms with van der Waals surface area (Å²) < 4.78 is 104. The van der Waals surface area contributed by atoms with Gasteiger partial charge in [-0.25, -0.2) is 0 Å². The highest BCUT2D eigenvalue weighted by Crippen LogP contribution is 2.48. The molecular weight excluding hydrogens is 873 g/mol. The van der Waals surface area contributed by atoms with Gasteiger partial charge in [0, 0.05) is 43.4 Å². The van der Waals surface area contributed by atoms with E-state index in [9.17, 15) is 31.6 Å². The Morgan fingerprint density at radius 3 is 1.44 bits per heavy atom. The molecule has 5 nitrogen and oxygen atoms in total. The molecule has 0 atom stereocenters. The van der Waals surface area contributed by atoms with E-state index in [-0.39, 0.29) is 17.2 Å². The predicted molar refractivity (Wildman–Crippen MR) is 255 cm³/mol. The minimum atomic E-state index is -5.14. The molecule has 0 aliphatic rings. The molecule has 0 unspecified atom stereocenters. The number of fused-ring (bicyclic) bond motifs is 14. The number of aromatic nitrogens is 2. The minimum Gasteiger partial charge on any atom is -0.455 e. The Bertz CT molecular complexity index is 4330. The van der Waals surface area contributed by atoms with E-state index in [1.807, 2.05) is 132 Å². The summed E-state index contributed by atoms with van der Waals surface area (Å²) in [4.78, 5) is 0. The summed E-state index contributed by atoms with van der Waals surface area (Å²) in [5.74, 6) is 0. The minimum absolute atomic E-state index is 0.0183. The van der Waals surface area contributed by atoms with Crippen LogP contribution in [0.2, 0.25) is 0 Å². The highest BCUT2D eigenvalue weighted by Gasteiger charge is 2.39. The van der Waals surface area contributed by atoms with Crippen LogP contribution in [0.5, 0.6) is 0 Å². The van der Waals surface area contributed by atoms with E-state index in [2.05, 4.69) is 10.6 Å². The Hall–Kier alpha value is -8.75. The van der Waals surface area contributed by atoms with Gasteiger partial charge >= 0.3 is 12.4 Å². The van der Waals surface area contributed by atoms with E-state index < -0.39 is 29.0 Å². The van der Waals surface area contributed by atoms with Gasteiger partial charge in [0.1, 0.15) is 22.3 Å². The smallest absolute Gasteiger partial charge is 0.417 e. The summed E-state index contributed by atoms with van der Waals surface area (Å²) in [7, 11) is 0. The van der Waals surface area contributed by atoms with Crippen molar-refractivity contribution in [3.8, 4) is 39.7 Å². The second-order valence-electron chi connectivity index (χ2n) is 16.9. The molecule has 0 amide bonds. The Morgan fingerprint density at radius 1 is 0.412 bits per heavy atom. The number of nitrogens with zero attached hydrogens (tertiary/aromatic N) is 3. The molecule has 68 heavy (non-hydrogen) atoms. The third kappa shape index (κ3) is 5.70. The molecule has 0 fully saturated rings. The number of alkyl halides is 6. The van der Waals surface area contributed by atoms with E-state index in [4.69, 9.17) is 8.83 Å². The summed E-state index contributed by atoms with van der Waals surface area (Å²) in [6.45, 7) is 0. The second-order valence-corrected chi connectivity index (χ2v) is 16.9. The number of benzene rings is 9. The Balaban J connectivity index is 1.16. The largest absolute Gasteiger partial charge is 0.455 e. The fourth-order valence-electron chi connectivity index (χ4n) is 10.3. The lowest BCUT2D eigenvalue weighted by Crippen LogP contribution is -2.12. The summed E-state index contributed by atoms with van der Waals surface area (Å²) in [6.07, 6.45) is -10.2. The predicted octanol–water partition coefficient (Wildman–Crippen LogP) is 16.9. The standard InChI is InChI=1S/C57H29F6N3O2/c58-56(59,60)33-19-20-34(43(29-33)57(61,62)63)32-18-24-47(66-45-14-6-2-12-40(45)53-49(66)26-22-38-36-10-4-8-16-51(36)68-55(38)53)42(28-32)41-27-31(30-64)17-23-46(41)65-44-13-5-1-11-39(44)52-48(65)25-21-37-35-9-3-7-15-50(35)67-54(37)52/h1-29H. The highest BCUT2D eigenvalue weighted by molar-refractivity contribution is 6.25. The lowest BCUT2D eigenvalue weighted by molar-refractivity contribution is -0.142. The first-order chi connectivity index (χ1) is 33.0. The molecule has 0 saturated carbocycles. The van der Waals surface area contributed by atoms with Gasteiger partial charge in [0.05, 0.1) is 67.0 Å². The third-order valence-electron chi connectivity index (χ3n) is 13.2. The zero-order valence-corrected chi connectivity index (χ0v) is 35.2. The van der Waals surface area contributed by atoms with Crippen molar-refractivity contribution in [3.63, 3.8) is 0 Å². The quantitative estimate of drug-likeness (QED) is 0.165. The van der Waals surface area contributed by atoms with Gasteiger partial charge in [-0.15, -0.1) is 0 Å². The maximum atomic E-state index is 15.0. The van der Waals surface area contributed by atoms with Crippen LogP contribution in [-0.4, -0.2) is 9.13 Å². The van der Waals surface area contributed by atoms with Crippen LogP contribution in [0.4, 0.5) is 26.3 Å². The van der Waals surface area contributed by atoms with E-state index in [1.54, 1.807) is 24.3 Å². The normalized spacial score (nSPS) is 12.5. The van der Waals surface area contributed by atoms with Gasteiger partial charge in [-0.1, -0.05) is 84.9 Å². The summed E-state index contributed by atoms with van der Waals surface area (Å²) in [6, 6.07) is 53.2. The third-order valence-corrected chi connectivity index (χ3v) is 13.2. The van der Waals surface area contributed by atoms with E-state index in [0.717, 1.165) is 76.8 Å². The summed E-state index contributed by atoms with van der Waals surface area (Å²) in [5.41, 5.74) is 4.85. The molecule has 4 heterocycles. The highest BCUT2D eigenvalue weighted by atomic mass is 19.4. The number of rotatable bonds is 4. The maximum Gasteiger partial charge on any atom is 0.417 e. The van der Waals surface area contributed by atoms with Crippen molar-refractivity contribution in [1.29, 1.82) is 5.26 Å². The van der Waals surface area contributed by atoms with Crippen molar-refractivity contribution < 1.29 is 35.2 Å². The topological polar surface area (TPSA) is 59.9 Å². The first-order valence-electron chi connectivity index (χ1n) is 21.6. The molecule has 0 aliphatic carbocycles. The first-order valence-corrected chi connectivity index (χ1v) is 21.6. The van der Waals surface area contributed by atoms with Crippen LogP contribution in [0, 0.1) is 11.3 Å². The second kappa shape index (κ2) is 14.1. The van der Waals surface area contributed by atoms with E-state index >= 15 is 0 Å². The van der Waals surface area contributed by atoms with Gasteiger partial charge in [0.15, 0.2) is 0 Å². The SMILES string of the molecule is N#Cc1ccc(-n2c3ccccc3c3c4oc5ccccc5c4ccc32)c(-c2cc(-c3ccc(C(F)(F)F)cc3C(F)(F)F)ccc2-n2c3ccccc3c3c4oc5ccccc5c4ccc32)c1. The molecule has 0 radical (unpaired) electrons. The Labute approximate surface area is 380 Å². The molecule has 326 valence electrons. The number of hydrogen-bond donors (Lipinski definition) is 0. The molecule has 13 aromatic rings. The molecule has 0 bridgehead atoms. The number of para-hydroxylation sites is 4. The molecule has 13 rings (SSSR count). The van der Waals surface area contributed by atoms with Crippen molar-refractivity contribution in [1.82, 2.24) is 9.13 Å². The number of nitriles is 1. The number of furan rings is 2. The van der Waals surface area contributed by atoms with Crippen molar-refractivity contribution in [2.45, 2.75) is 12.4 Å². The summed E-state index contributed by atoms with van der Waals surface area (Å²) >= 11 is 0. The Morgan fingerprint density at radius 2 is 0.912 bits per heavy atom. The fourth-order valence-corrected chi connectivity index (χ4v) is 10.3. The van der Waals surface area contributed by atoms with E-state index in [1.165, 1.54) is 6.07 Å². The average Bonchev–Trinajstić information content (AvgIpc) is 4.10. The summed E-state index contributed by atoms with van der Waals surface area (Å²) in [5, 5.41) is 17.6. The lowest BCUT2D eigenvalue weighted by Gasteiger charge is -2.21. The molecule has 0 N–H and O–H groups in total. The van der Waals surface area contributed by atoms with Crippen LogP contribution < -0.4 is 0 Å². The van der Waals surface area contributed by atoms with Gasteiger partial charge in [-0.05, 0) is 102 Å². The van der Waals surface area contributed by atoms with Gasteiger partial charge in [-0.3, -0.25) is 0 Å². The zero-order valence-electron chi connectivity index (χ0n) is 35.2. The molecule has 9 aromatic carbocycles. The number of halogens is 6. The molecular formula is C57H29F6N3O2. The first kappa shape index (κ1) is 39.6. The van der Waals surface area contributed by atoms with Crippen LogP contribution >= 0.6 is 0 Å². The molecule has 0 spiro atoms. The van der Waals surface area contributed by atoms with Gasteiger partial charge in [0.25, 0.3) is 0 Å². The maximum absolute atomic E-state index is 15.0. The lowest BCUT2D eigenvalue weighted by atomic mass is 9.92. The van der Waals surface area contributed by atoms with Crippen molar-refractivity contribution >= 4 is 87.5 Å². The van der Waals surface area contributed by atoms with Crippen LogP contribution in [0.1, 0.15) is 16.7 Å². The molecule has 0 saturated heterocycles. The van der Waals surface area contributed by atoms with Gasteiger partial charge in [-0.2, -0.15) is 31.6 Å². The van der Waals surface area contributed by atoms with Crippen molar-refractivity contribution in [2.75, 3.05) is 0 Å². The van der Waals surface area contributed by atoms with Crippen LogP contribution in [0.15, 0.2) is 185 Å². The van der Waals surface area contributed by atoms with Crippen molar-refractivity contribution in [3.05, 3.63) is 193 Å². The monoisotopic (exact) mass is 901 g/mol. The Kier molecular flexibility index (Phi) is 8.23. The molecule has 0 aliphatic heterocycles. The van der Waals surface area contributed by atoms with Gasteiger partial charge < -0.3 is 18.0 Å². The number of hydrogen-bond acceptors (Lipinski definition) is 3. The van der Waals surface area contributed by atoms with Gasteiger partial charge in [0.2, 0.25) is 0 Å². The van der Waals surface area contributed by atoms with E-state index in [0.29, 0.717) is 45.3 Å². The molecule has 11 heteroatoms. The van der Waals surface area contributed by atoms with Crippen LogP contribution in [-0.2, 0) is 12.4 Å². The van der Waals surface area contributed by atoms with Crippen molar-refractivity contribution in [2.24, 2.45) is 0 Å². The van der Waals surface area contributed by atoms with Crippen LogP contribution in [0.3, 0.4) is 0 Å². The fraction of sp³-hybridized carbons (Fsp3) is 0.0351. The van der Waals surface area contributed by atoms with Crippen LogP contribution in [0.25, 0.3) is 121 Å². The molecule has 4 aromatic heterocycles. The zero-order chi connectivity index (χ0) is 46.2.